The number of aromatic amines is 1. The van der Waals surface area contributed by atoms with E-state index < -0.39 is 11.8 Å². The molecule has 3 unspecified atom stereocenters. The fraction of sp³-hybridized carbons (Fsp3) is 0.588. The Morgan fingerprint density at radius 1 is 1.35 bits per heavy atom. The number of hydrogen-bond acceptors (Lipinski definition) is 6. The lowest BCUT2D eigenvalue weighted by Gasteiger charge is -2.31. The van der Waals surface area contributed by atoms with E-state index in [0.717, 1.165) is 25.8 Å². The summed E-state index contributed by atoms with van der Waals surface area (Å²) in [5, 5.41) is 19.5. The van der Waals surface area contributed by atoms with Gasteiger partial charge in [0, 0.05) is 42.4 Å². The van der Waals surface area contributed by atoms with Crippen LogP contribution in [0.2, 0.25) is 0 Å². The molecule has 3 aliphatic rings. The summed E-state index contributed by atoms with van der Waals surface area (Å²) in [4.78, 5) is 11.1. The molecule has 2 saturated carbocycles. The molecule has 3 atom stereocenters. The van der Waals surface area contributed by atoms with E-state index in [9.17, 15) is 13.9 Å². The van der Waals surface area contributed by atoms with E-state index in [1.54, 1.807) is 18.3 Å². The molecule has 2 aromatic heterocycles. The number of aliphatic hydroxyl groups is 1. The molecule has 3 N–H and O–H groups in total. The molecule has 9 heteroatoms. The number of alkyl halides is 2. The molecule has 0 spiro atoms. The molecule has 3 heterocycles. The second kappa shape index (κ2) is 5.35. The number of anilines is 3. The van der Waals surface area contributed by atoms with Crippen molar-refractivity contribution in [2.75, 3.05) is 23.4 Å². The van der Waals surface area contributed by atoms with Crippen molar-refractivity contribution in [3.63, 3.8) is 0 Å². The number of aliphatic hydroxyl groups excluding tert-OH is 1. The summed E-state index contributed by atoms with van der Waals surface area (Å²) in [5.74, 6) is -1.73. The van der Waals surface area contributed by atoms with Gasteiger partial charge in [-0.05, 0) is 25.3 Å². The van der Waals surface area contributed by atoms with Gasteiger partial charge in [0.05, 0.1) is 12.5 Å². The number of rotatable bonds is 5. The van der Waals surface area contributed by atoms with E-state index in [0.29, 0.717) is 29.3 Å². The van der Waals surface area contributed by atoms with Crippen LogP contribution in [0.4, 0.5) is 26.4 Å². The van der Waals surface area contributed by atoms with Crippen molar-refractivity contribution in [1.29, 1.82) is 0 Å². The second-order valence-electron chi connectivity index (χ2n) is 7.78. The number of halogens is 2. The predicted molar refractivity (Wildman–Crippen MR) is 90.7 cm³/mol. The van der Waals surface area contributed by atoms with Crippen LogP contribution in [0.15, 0.2) is 18.3 Å². The Morgan fingerprint density at radius 3 is 2.92 bits per heavy atom. The highest BCUT2D eigenvalue weighted by Gasteiger charge is 2.58. The largest absolute Gasteiger partial charge is 0.396 e. The summed E-state index contributed by atoms with van der Waals surface area (Å²) in [6, 6.07) is 3.69. The maximum Gasteiger partial charge on any atom is 0.257 e. The maximum atomic E-state index is 13.2. The molecular formula is C17H20F2N6O. The lowest BCUT2D eigenvalue weighted by Crippen LogP contribution is -2.37. The summed E-state index contributed by atoms with van der Waals surface area (Å²) in [5.41, 5.74) is 0.415. The van der Waals surface area contributed by atoms with Crippen molar-refractivity contribution in [2.45, 2.75) is 43.6 Å². The van der Waals surface area contributed by atoms with E-state index in [4.69, 9.17) is 0 Å². The average molecular weight is 362 g/mol. The van der Waals surface area contributed by atoms with E-state index in [-0.39, 0.29) is 18.4 Å². The second-order valence-corrected chi connectivity index (χ2v) is 7.78. The van der Waals surface area contributed by atoms with Crippen LogP contribution in [-0.4, -0.2) is 50.4 Å². The highest BCUT2D eigenvalue weighted by molar-refractivity contribution is 5.54. The third kappa shape index (κ3) is 2.53. The molecule has 1 saturated heterocycles. The molecule has 1 aliphatic heterocycles. The van der Waals surface area contributed by atoms with Crippen LogP contribution < -0.4 is 10.2 Å². The van der Waals surface area contributed by atoms with Crippen LogP contribution in [0.5, 0.6) is 0 Å². The molecule has 5 rings (SSSR count). The first kappa shape index (κ1) is 15.9. The van der Waals surface area contributed by atoms with Crippen LogP contribution in [0.25, 0.3) is 0 Å². The molecule has 0 amide bonds. The van der Waals surface area contributed by atoms with Gasteiger partial charge in [0.15, 0.2) is 5.82 Å². The maximum absolute atomic E-state index is 13.2. The Bertz CT molecular complexity index is 842. The van der Waals surface area contributed by atoms with Gasteiger partial charge >= 0.3 is 0 Å². The third-order valence-electron chi connectivity index (χ3n) is 5.91. The Balaban J connectivity index is 1.32. The zero-order chi connectivity index (χ0) is 17.9. The normalized spacial score (nSPS) is 31.4. The summed E-state index contributed by atoms with van der Waals surface area (Å²) in [6.45, 7) is 0.959. The minimum Gasteiger partial charge on any atom is -0.396 e. The first-order valence-corrected chi connectivity index (χ1v) is 8.89. The molecule has 2 aliphatic carbocycles. The van der Waals surface area contributed by atoms with Crippen LogP contribution in [0.3, 0.4) is 0 Å². The standard InChI is InChI=1S/C17H20F2N6O/c18-17(19)7-11(17)12-5-14(24-23-12)21-13-2-4-20-15(22-13)25-8-16(9-26)3-1-10(25)6-16/h2,4-5,10-11,26H,1,3,6-9H2,(H2,20,21,22,23,24). The van der Waals surface area contributed by atoms with Crippen molar-refractivity contribution < 1.29 is 13.9 Å². The van der Waals surface area contributed by atoms with Crippen molar-refractivity contribution in [2.24, 2.45) is 5.41 Å². The van der Waals surface area contributed by atoms with Crippen LogP contribution in [0.1, 0.15) is 37.3 Å². The summed E-state index contributed by atoms with van der Waals surface area (Å²) in [6.07, 6.45) is 4.60. The van der Waals surface area contributed by atoms with Gasteiger partial charge in [-0.1, -0.05) is 0 Å². The van der Waals surface area contributed by atoms with Gasteiger partial charge in [-0.25, -0.2) is 13.8 Å². The number of hydrogen-bond donors (Lipinski definition) is 3. The topological polar surface area (TPSA) is 90.0 Å². The van der Waals surface area contributed by atoms with Crippen molar-refractivity contribution in [1.82, 2.24) is 20.2 Å². The monoisotopic (exact) mass is 362 g/mol. The SMILES string of the molecule is OCC12CCC(C1)N(c1nccc(Nc3cc(C4CC4(F)F)[nH]n3)n1)C2. The van der Waals surface area contributed by atoms with Gasteiger partial charge in [-0.3, -0.25) is 5.10 Å². The van der Waals surface area contributed by atoms with Crippen molar-refractivity contribution in [3.05, 3.63) is 24.0 Å². The van der Waals surface area contributed by atoms with Gasteiger partial charge in [0.25, 0.3) is 5.92 Å². The predicted octanol–water partition coefficient (Wildman–Crippen LogP) is 2.42. The van der Waals surface area contributed by atoms with Gasteiger partial charge < -0.3 is 15.3 Å². The van der Waals surface area contributed by atoms with Crippen molar-refractivity contribution >= 4 is 17.6 Å². The van der Waals surface area contributed by atoms with Gasteiger partial charge in [0.2, 0.25) is 5.95 Å². The number of piperidine rings is 1. The minimum atomic E-state index is -2.62. The molecule has 26 heavy (non-hydrogen) atoms. The van der Waals surface area contributed by atoms with Crippen LogP contribution >= 0.6 is 0 Å². The van der Waals surface area contributed by atoms with E-state index in [1.807, 2.05) is 0 Å². The molecule has 3 fully saturated rings. The zero-order valence-electron chi connectivity index (χ0n) is 14.1. The van der Waals surface area contributed by atoms with Crippen molar-refractivity contribution in [3.8, 4) is 0 Å². The van der Waals surface area contributed by atoms with Gasteiger partial charge in [-0.2, -0.15) is 10.1 Å². The molecule has 7 nitrogen and oxygen atoms in total. The van der Waals surface area contributed by atoms with Gasteiger partial charge in [0.1, 0.15) is 5.82 Å². The fourth-order valence-corrected chi connectivity index (χ4v) is 4.32. The molecule has 138 valence electrons. The lowest BCUT2D eigenvalue weighted by atomic mass is 9.89. The Hall–Kier alpha value is -2.29. The number of nitrogens with zero attached hydrogens (tertiary/aromatic N) is 4. The number of aromatic nitrogens is 4. The fourth-order valence-electron chi connectivity index (χ4n) is 4.32. The highest BCUT2D eigenvalue weighted by atomic mass is 19.3. The quantitative estimate of drug-likeness (QED) is 0.757. The summed E-state index contributed by atoms with van der Waals surface area (Å²) < 4.78 is 26.3. The molecular weight excluding hydrogens is 342 g/mol. The number of nitrogens with one attached hydrogen (secondary N) is 2. The summed E-state index contributed by atoms with van der Waals surface area (Å²) in [7, 11) is 0. The Labute approximate surface area is 148 Å². The van der Waals surface area contributed by atoms with Crippen LogP contribution in [-0.2, 0) is 0 Å². The first-order chi connectivity index (χ1) is 12.5. The van der Waals surface area contributed by atoms with E-state index in [2.05, 4.69) is 30.4 Å². The lowest BCUT2D eigenvalue weighted by molar-refractivity contribution is 0.111. The zero-order valence-corrected chi connectivity index (χ0v) is 14.1. The van der Waals surface area contributed by atoms with Crippen LogP contribution in [0, 0.1) is 5.41 Å². The number of H-pyrrole nitrogens is 1. The van der Waals surface area contributed by atoms with Gasteiger partial charge in [-0.15, -0.1) is 0 Å². The molecule has 0 radical (unpaired) electrons. The highest BCUT2D eigenvalue weighted by Crippen LogP contribution is 2.55. The third-order valence-corrected chi connectivity index (χ3v) is 5.91. The smallest absolute Gasteiger partial charge is 0.257 e. The van der Waals surface area contributed by atoms with E-state index >= 15 is 0 Å². The average Bonchev–Trinajstić information content (AvgIpc) is 3.08. The molecule has 0 aromatic carbocycles. The Morgan fingerprint density at radius 2 is 2.19 bits per heavy atom. The first-order valence-electron chi connectivity index (χ1n) is 8.89. The summed E-state index contributed by atoms with van der Waals surface area (Å²) >= 11 is 0. The molecule has 2 aromatic rings. The Kier molecular flexibility index (Phi) is 3.28. The molecule has 2 bridgehead atoms. The van der Waals surface area contributed by atoms with E-state index in [1.165, 1.54) is 0 Å². The minimum absolute atomic E-state index is 0.0238. The number of fused-ring (bicyclic) bond motifs is 2.